The maximum absolute atomic E-state index is 11.2. The summed E-state index contributed by atoms with van der Waals surface area (Å²) in [6.45, 7) is 5.68. The number of aliphatic carboxylic acids is 1. The molecule has 0 spiro atoms. The Labute approximate surface area is 115 Å². The van der Waals surface area contributed by atoms with E-state index in [4.69, 9.17) is 0 Å². The molecule has 0 unspecified atom stereocenters. The Kier molecular flexibility index (Phi) is 3.07. The molecular formula is C17H24O2. The summed E-state index contributed by atoms with van der Waals surface area (Å²) in [5, 5.41) is 9.23. The number of hydrogen-bond acceptors (Lipinski definition) is 1. The van der Waals surface area contributed by atoms with Gasteiger partial charge in [0.2, 0.25) is 0 Å². The van der Waals surface area contributed by atoms with Gasteiger partial charge in [-0.25, -0.2) is 4.79 Å². The fourth-order valence-electron chi connectivity index (χ4n) is 5.40. The second-order valence-electron chi connectivity index (χ2n) is 7.04. The Morgan fingerprint density at radius 3 is 2.16 bits per heavy atom. The first-order valence-corrected chi connectivity index (χ1v) is 7.58. The molecule has 104 valence electrons. The van der Waals surface area contributed by atoms with Gasteiger partial charge in [-0.3, -0.25) is 0 Å². The SMILES string of the molecule is C=CCC1(/C=C(\C)C(=O)O)C2CC3CC(C2)CC1C3. The van der Waals surface area contributed by atoms with Crippen molar-refractivity contribution >= 4 is 5.97 Å². The molecule has 0 heterocycles. The van der Waals surface area contributed by atoms with E-state index in [1.165, 1.54) is 32.1 Å². The highest BCUT2D eigenvalue weighted by Crippen LogP contribution is 2.64. The minimum Gasteiger partial charge on any atom is -0.478 e. The minimum absolute atomic E-state index is 0.0949. The van der Waals surface area contributed by atoms with Crippen LogP contribution < -0.4 is 0 Å². The average Bonchev–Trinajstić information content (AvgIpc) is 2.34. The predicted molar refractivity (Wildman–Crippen MR) is 75.7 cm³/mol. The van der Waals surface area contributed by atoms with E-state index in [9.17, 15) is 9.90 Å². The van der Waals surface area contributed by atoms with Crippen molar-refractivity contribution < 1.29 is 9.90 Å². The van der Waals surface area contributed by atoms with Gasteiger partial charge in [0.25, 0.3) is 0 Å². The van der Waals surface area contributed by atoms with Gasteiger partial charge in [0, 0.05) is 5.57 Å². The molecule has 4 aliphatic carbocycles. The van der Waals surface area contributed by atoms with E-state index in [2.05, 4.69) is 12.7 Å². The van der Waals surface area contributed by atoms with E-state index in [1.54, 1.807) is 6.92 Å². The third-order valence-electron chi connectivity index (χ3n) is 5.98. The molecule has 4 saturated carbocycles. The molecule has 0 atom stereocenters. The number of allylic oxidation sites excluding steroid dienone is 2. The van der Waals surface area contributed by atoms with Gasteiger partial charge in [0.15, 0.2) is 0 Å². The maximum Gasteiger partial charge on any atom is 0.330 e. The Morgan fingerprint density at radius 2 is 1.74 bits per heavy atom. The Bertz CT molecular complexity index is 405. The van der Waals surface area contributed by atoms with E-state index in [1.807, 2.05) is 6.08 Å². The van der Waals surface area contributed by atoms with Crippen molar-refractivity contribution in [2.75, 3.05) is 0 Å². The van der Waals surface area contributed by atoms with Crippen molar-refractivity contribution in [3.8, 4) is 0 Å². The van der Waals surface area contributed by atoms with Crippen molar-refractivity contribution in [1.29, 1.82) is 0 Å². The molecule has 0 saturated heterocycles. The van der Waals surface area contributed by atoms with Crippen LogP contribution in [0, 0.1) is 29.1 Å². The van der Waals surface area contributed by atoms with Crippen LogP contribution in [0.15, 0.2) is 24.3 Å². The minimum atomic E-state index is -0.766. The van der Waals surface area contributed by atoms with Gasteiger partial charge in [0.05, 0.1) is 0 Å². The van der Waals surface area contributed by atoms with Gasteiger partial charge in [-0.05, 0) is 74.5 Å². The molecule has 4 fully saturated rings. The molecule has 1 N–H and O–H groups in total. The van der Waals surface area contributed by atoms with E-state index in [0.717, 1.165) is 18.3 Å². The number of carbonyl (C=O) groups is 1. The van der Waals surface area contributed by atoms with Crippen LogP contribution in [0.25, 0.3) is 0 Å². The fraction of sp³-hybridized carbons (Fsp3) is 0.706. The van der Waals surface area contributed by atoms with Crippen LogP contribution in [-0.2, 0) is 4.79 Å². The van der Waals surface area contributed by atoms with Gasteiger partial charge in [-0.1, -0.05) is 12.2 Å². The summed E-state index contributed by atoms with van der Waals surface area (Å²) in [5.74, 6) is 2.45. The van der Waals surface area contributed by atoms with Gasteiger partial charge in [-0.15, -0.1) is 6.58 Å². The lowest BCUT2D eigenvalue weighted by Gasteiger charge is -2.60. The van der Waals surface area contributed by atoms with Crippen molar-refractivity contribution in [3.63, 3.8) is 0 Å². The summed E-state index contributed by atoms with van der Waals surface area (Å²) in [4.78, 5) is 11.2. The molecule has 0 amide bonds. The Hall–Kier alpha value is -1.05. The average molecular weight is 260 g/mol. The van der Waals surface area contributed by atoms with Gasteiger partial charge < -0.3 is 5.11 Å². The molecule has 4 rings (SSSR count). The standard InChI is InChI=1S/C17H24O2/c1-3-4-17(10-11(2)16(18)19)14-6-12-5-13(8-14)9-15(17)7-12/h3,10,12-15H,1,4-9H2,2H3,(H,18,19)/b11-10+. The lowest BCUT2D eigenvalue weighted by molar-refractivity contribution is -0.132. The first-order valence-electron chi connectivity index (χ1n) is 7.58. The summed E-state index contributed by atoms with van der Waals surface area (Å²) >= 11 is 0. The smallest absolute Gasteiger partial charge is 0.330 e. The highest BCUT2D eigenvalue weighted by atomic mass is 16.4. The summed E-state index contributed by atoms with van der Waals surface area (Å²) < 4.78 is 0. The maximum atomic E-state index is 11.2. The van der Waals surface area contributed by atoms with Crippen LogP contribution in [0.5, 0.6) is 0 Å². The van der Waals surface area contributed by atoms with Crippen LogP contribution in [0.3, 0.4) is 0 Å². The van der Waals surface area contributed by atoms with Crippen molar-refractivity contribution in [2.24, 2.45) is 29.1 Å². The second-order valence-corrected chi connectivity index (χ2v) is 7.04. The largest absolute Gasteiger partial charge is 0.478 e. The zero-order valence-electron chi connectivity index (χ0n) is 11.8. The molecule has 0 radical (unpaired) electrons. The molecule has 4 aliphatic rings. The molecule has 2 nitrogen and oxygen atoms in total. The number of carboxylic acids is 1. The Balaban J connectivity index is 1.98. The van der Waals surface area contributed by atoms with E-state index in [0.29, 0.717) is 17.4 Å². The molecule has 0 aromatic heterocycles. The molecule has 0 aromatic rings. The topological polar surface area (TPSA) is 37.3 Å². The fourth-order valence-corrected chi connectivity index (χ4v) is 5.40. The summed E-state index contributed by atoms with van der Waals surface area (Å²) in [7, 11) is 0. The number of rotatable bonds is 4. The zero-order chi connectivity index (χ0) is 13.6. The van der Waals surface area contributed by atoms with Crippen molar-refractivity contribution in [3.05, 3.63) is 24.3 Å². The third-order valence-corrected chi connectivity index (χ3v) is 5.98. The molecule has 4 bridgehead atoms. The highest BCUT2D eigenvalue weighted by Gasteiger charge is 2.55. The normalized spacial score (nSPS) is 44.4. The van der Waals surface area contributed by atoms with Crippen LogP contribution in [0.1, 0.15) is 45.4 Å². The van der Waals surface area contributed by atoms with E-state index < -0.39 is 5.97 Å². The van der Waals surface area contributed by atoms with Crippen LogP contribution in [-0.4, -0.2) is 11.1 Å². The van der Waals surface area contributed by atoms with Crippen LogP contribution in [0.4, 0.5) is 0 Å². The first-order chi connectivity index (χ1) is 9.05. The molecule has 0 aliphatic heterocycles. The molecule has 2 heteroatoms. The van der Waals surface area contributed by atoms with Crippen molar-refractivity contribution in [1.82, 2.24) is 0 Å². The predicted octanol–water partition coefficient (Wildman–Crippen LogP) is 4.04. The lowest BCUT2D eigenvalue weighted by Crippen LogP contribution is -2.52. The quantitative estimate of drug-likeness (QED) is 0.612. The number of carboxylic acid groups (broad SMARTS) is 1. The zero-order valence-corrected chi connectivity index (χ0v) is 11.8. The monoisotopic (exact) mass is 260 g/mol. The van der Waals surface area contributed by atoms with E-state index >= 15 is 0 Å². The van der Waals surface area contributed by atoms with Crippen LogP contribution >= 0.6 is 0 Å². The molecule has 0 aromatic carbocycles. The van der Waals surface area contributed by atoms with Crippen LogP contribution in [0.2, 0.25) is 0 Å². The third kappa shape index (κ3) is 1.96. The number of hydrogen-bond donors (Lipinski definition) is 1. The molecule has 19 heavy (non-hydrogen) atoms. The van der Waals surface area contributed by atoms with Gasteiger partial charge in [0.1, 0.15) is 0 Å². The summed E-state index contributed by atoms with van der Waals surface area (Å²) in [6, 6.07) is 0. The summed E-state index contributed by atoms with van der Waals surface area (Å²) in [6.07, 6.45) is 11.7. The lowest BCUT2D eigenvalue weighted by atomic mass is 9.44. The van der Waals surface area contributed by atoms with E-state index in [-0.39, 0.29) is 5.41 Å². The summed E-state index contributed by atoms with van der Waals surface area (Å²) in [5.41, 5.74) is 0.617. The Morgan fingerprint density at radius 1 is 1.21 bits per heavy atom. The molecular weight excluding hydrogens is 236 g/mol. The van der Waals surface area contributed by atoms with Gasteiger partial charge >= 0.3 is 5.97 Å². The second kappa shape index (κ2) is 4.50. The first kappa shape index (κ1) is 13.0. The van der Waals surface area contributed by atoms with Gasteiger partial charge in [-0.2, -0.15) is 0 Å². The highest BCUT2D eigenvalue weighted by molar-refractivity contribution is 5.86. The van der Waals surface area contributed by atoms with Crippen molar-refractivity contribution in [2.45, 2.75) is 45.4 Å².